The number of halogens is 1. The molecule has 0 bridgehead atoms. The van der Waals surface area contributed by atoms with E-state index in [1.807, 2.05) is 35.8 Å². The zero-order valence-corrected chi connectivity index (χ0v) is 16.8. The zero-order chi connectivity index (χ0) is 20.8. The molecule has 1 aliphatic rings. The molecule has 0 unspecified atom stereocenters. The Balaban J connectivity index is 1.49. The number of carbonyl (C=O) groups is 2. The number of benzene rings is 2. The van der Waals surface area contributed by atoms with Crippen LogP contribution in [0.5, 0.6) is 5.75 Å². The van der Waals surface area contributed by atoms with Gasteiger partial charge in [-0.2, -0.15) is 0 Å². The van der Waals surface area contributed by atoms with Crippen LogP contribution in [-0.4, -0.2) is 60.9 Å². The second kappa shape index (κ2) is 9.52. The summed E-state index contributed by atoms with van der Waals surface area (Å²) in [5, 5.41) is 2.76. The first-order chi connectivity index (χ1) is 14.0. The first kappa shape index (κ1) is 20.8. The lowest BCUT2D eigenvalue weighted by molar-refractivity contribution is -0.117. The Hall–Kier alpha value is -2.93. The molecule has 1 saturated heterocycles. The fourth-order valence-electron chi connectivity index (χ4n) is 3.33. The minimum absolute atomic E-state index is 0.00781. The van der Waals surface area contributed by atoms with Crippen LogP contribution in [0.1, 0.15) is 22.8 Å². The van der Waals surface area contributed by atoms with Crippen LogP contribution in [0.25, 0.3) is 0 Å². The van der Waals surface area contributed by atoms with Gasteiger partial charge in [-0.15, -0.1) is 0 Å². The molecule has 0 saturated carbocycles. The van der Waals surface area contributed by atoms with Crippen LogP contribution in [0.15, 0.2) is 42.5 Å². The van der Waals surface area contributed by atoms with Gasteiger partial charge in [-0.3, -0.25) is 14.5 Å². The summed E-state index contributed by atoms with van der Waals surface area (Å²) in [6.45, 7) is 7.06. The van der Waals surface area contributed by atoms with Gasteiger partial charge in [-0.25, -0.2) is 4.39 Å². The molecule has 1 N–H and O–H groups in total. The molecule has 1 aliphatic heterocycles. The van der Waals surface area contributed by atoms with Crippen LogP contribution in [0, 0.1) is 12.7 Å². The number of rotatable bonds is 6. The molecule has 7 heteroatoms. The predicted octanol–water partition coefficient (Wildman–Crippen LogP) is 2.93. The molecule has 2 aromatic carbocycles. The summed E-state index contributed by atoms with van der Waals surface area (Å²) >= 11 is 0. The summed E-state index contributed by atoms with van der Waals surface area (Å²) in [6.07, 6.45) is 0. The Morgan fingerprint density at radius 2 is 1.76 bits per heavy atom. The number of nitrogens with zero attached hydrogens (tertiary/aromatic N) is 2. The highest BCUT2D eigenvalue weighted by atomic mass is 19.1. The van der Waals surface area contributed by atoms with Gasteiger partial charge in [0.05, 0.1) is 13.2 Å². The van der Waals surface area contributed by atoms with E-state index in [1.54, 1.807) is 6.07 Å². The second-order valence-corrected chi connectivity index (χ2v) is 7.04. The van der Waals surface area contributed by atoms with Gasteiger partial charge in [-0.1, -0.05) is 0 Å². The number of nitrogens with one attached hydrogen (secondary N) is 1. The van der Waals surface area contributed by atoms with Gasteiger partial charge in [0, 0.05) is 37.4 Å². The maximum Gasteiger partial charge on any atom is 0.253 e. The van der Waals surface area contributed by atoms with Crippen molar-refractivity contribution in [3.05, 3.63) is 59.4 Å². The lowest BCUT2D eigenvalue weighted by atomic mass is 10.1. The molecule has 0 radical (unpaired) electrons. The van der Waals surface area contributed by atoms with Gasteiger partial charge >= 0.3 is 0 Å². The van der Waals surface area contributed by atoms with E-state index in [2.05, 4.69) is 5.32 Å². The molecule has 1 fully saturated rings. The number of anilines is 1. The molecule has 0 aromatic heterocycles. The minimum atomic E-state index is -0.341. The summed E-state index contributed by atoms with van der Waals surface area (Å²) in [5.74, 6) is 0.289. The van der Waals surface area contributed by atoms with Crippen LogP contribution in [0.2, 0.25) is 0 Å². The van der Waals surface area contributed by atoms with E-state index in [0.717, 1.165) is 11.3 Å². The van der Waals surface area contributed by atoms with Crippen molar-refractivity contribution in [3.8, 4) is 5.75 Å². The molecule has 0 spiro atoms. The highest BCUT2D eigenvalue weighted by Gasteiger charge is 2.23. The average Bonchev–Trinajstić information content (AvgIpc) is 2.71. The molecule has 3 rings (SSSR count). The first-order valence-corrected chi connectivity index (χ1v) is 9.76. The molecule has 2 amide bonds. The highest BCUT2D eigenvalue weighted by molar-refractivity contribution is 5.95. The maximum atomic E-state index is 12.9. The van der Waals surface area contributed by atoms with Crippen LogP contribution < -0.4 is 10.1 Å². The predicted molar refractivity (Wildman–Crippen MR) is 110 cm³/mol. The van der Waals surface area contributed by atoms with Crippen molar-refractivity contribution in [1.29, 1.82) is 0 Å². The quantitative estimate of drug-likeness (QED) is 0.811. The van der Waals surface area contributed by atoms with E-state index in [-0.39, 0.29) is 24.2 Å². The van der Waals surface area contributed by atoms with Crippen molar-refractivity contribution in [2.24, 2.45) is 0 Å². The Bertz CT molecular complexity index is 862. The number of piperazine rings is 1. The van der Waals surface area contributed by atoms with E-state index in [0.29, 0.717) is 44.0 Å². The van der Waals surface area contributed by atoms with Crippen LogP contribution in [0.4, 0.5) is 10.1 Å². The molecule has 29 heavy (non-hydrogen) atoms. The number of carbonyl (C=O) groups excluding carboxylic acids is 2. The molecule has 2 aromatic rings. The number of aryl methyl sites for hydroxylation is 1. The number of hydrogen-bond acceptors (Lipinski definition) is 4. The first-order valence-electron chi connectivity index (χ1n) is 9.76. The van der Waals surface area contributed by atoms with E-state index >= 15 is 0 Å². The van der Waals surface area contributed by atoms with Crippen molar-refractivity contribution in [2.75, 3.05) is 44.6 Å². The van der Waals surface area contributed by atoms with Crippen LogP contribution in [-0.2, 0) is 4.79 Å². The largest absolute Gasteiger partial charge is 0.494 e. The SMILES string of the molecule is CCOc1ccc(C(=O)N2CCN(CC(=O)Nc3ccc(F)cc3)CC2)cc1C. The van der Waals surface area contributed by atoms with Gasteiger partial charge in [-0.05, 0) is 61.9 Å². The van der Waals surface area contributed by atoms with E-state index in [9.17, 15) is 14.0 Å². The smallest absolute Gasteiger partial charge is 0.253 e. The monoisotopic (exact) mass is 399 g/mol. The molecule has 1 heterocycles. The minimum Gasteiger partial charge on any atom is -0.494 e. The number of amides is 2. The van der Waals surface area contributed by atoms with E-state index < -0.39 is 0 Å². The van der Waals surface area contributed by atoms with E-state index in [4.69, 9.17) is 4.74 Å². The summed E-state index contributed by atoms with van der Waals surface area (Å²) in [7, 11) is 0. The number of hydrogen-bond donors (Lipinski definition) is 1. The normalized spacial score (nSPS) is 14.5. The third kappa shape index (κ3) is 5.54. The standard InChI is InChI=1S/C22H26FN3O3/c1-3-29-20-9-4-17(14-16(20)2)22(28)26-12-10-25(11-13-26)15-21(27)24-19-7-5-18(23)6-8-19/h4-9,14H,3,10-13,15H2,1-2H3,(H,24,27). The summed E-state index contributed by atoms with van der Waals surface area (Å²) in [5.41, 5.74) is 2.15. The zero-order valence-electron chi connectivity index (χ0n) is 16.8. The Labute approximate surface area is 170 Å². The van der Waals surface area contributed by atoms with E-state index in [1.165, 1.54) is 24.3 Å². The third-order valence-electron chi connectivity index (χ3n) is 4.88. The lowest BCUT2D eigenvalue weighted by Crippen LogP contribution is -2.50. The molecule has 0 atom stereocenters. The van der Waals surface area contributed by atoms with Crippen molar-refractivity contribution in [3.63, 3.8) is 0 Å². The van der Waals surface area contributed by atoms with Gasteiger partial charge in [0.1, 0.15) is 11.6 Å². The van der Waals surface area contributed by atoms with Gasteiger partial charge < -0.3 is 15.0 Å². The average molecular weight is 399 g/mol. The van der Waals surface area contributed by atoms with Gasteiger partial charge in [0.15, 0.2) is 0 Å². The van der Waals surface area contributed by atoms with Crippen LogP contribution in [0.3, 0.4) is 0 Å². The molecule has 0 aliphatic carbocycles. The van der Waals surface area contributed by atoms with Crippen molar-refractivity contribution in [2.45, 2.75) is 13.8 Å². The van der Waals surface area contributed by atoms with Crippen molar-refractivity contribution < 1.29 is 18.7 Å². The highest BCUT2D eigenvalue weighted by Crippen LogP contribution is 2.20. The fraction of sp³-hybridized carbons (Fsp3) is 0.364. The van der Waals surface area contributed by atoms with Crippen molar-refractivity contribution in [1.82, 2.24) is 9.80 Å². The summed E-state index contributed by atoms with van der Waals surface area (Å²) in [6, 6.07) is 11.2. The molecule has 6 nitrogen and oxygen atoms in total. The van der Waals surface area contributed by atoms with Crippen LogP contribution >= 0.6 is 0 Å². The summed E-state index contributed by atoms with van der Waals surface area (Å²) < 4.78 is 18.5. The maximum absolute atomic E-state index is 12.9. The third-order valence-corrected chi connectivity index (χ3v) is 4.88. The Kier molecular flexibility index (Phi) is 6.82. The van der Waals surface area contributed by atoms with Gasteiger partial charge in [0.25, 0.3) is 5.91 Å². The topological polar surface area (TPSA) is 61.9 Å². The Morgan fingerprint density at radius 3 is 2.38 bits per heavy atom. The fourth-order valence-corrected chi connectivity index (χ4v) is 3.33. The summed E-state index contributed by atoms with van der Waals surface area (Å²) in [4.78, 5) is 28.8. The molecular weight excluding hydrogens is 373 g/mol. The molecule has 154 valence electrons. The number of ether oxygens (including phenoxy) is 1. The van der Waals surface area contributed by atoms with Crippen molar-refractivity contribution >= 4 is 17.5 Å². The lowest BCUT2D eigenvalue weighted by Gasteiger charge is -2.34. The van der Waals surface area contributed by atoms with Gasteiger partial charge in [0.2, 0.25) is 5.91 Å². The Morgan fingerprint density at radius 1 is 1.07 bits per heavy atom. The molecular formula is C22H26FN3O3. The second-order valence-electron chi connectivity index (χ2n) is 7.04.